The Morgan fingerprint density at radius 2 is 1.57 bits per heavy atom. The number of rotatable bonds is 4. The van der Waals surface area contributed by atoms with E-state index in [1.54, 1.807) is 0 Å². The van der Waals surface area contributed by atoms with Crippen molar-refractivity contribution in [3.8, 4) is 28.6 Å². The van der Waals surface area contributed by atoms with Gasteiger partial charge in [-0.05, 0) is 85.4 Å². The third-order valence-corrected chi connectivity index (χ3v) is 12.2. The van der Waals surface area contributed by atoms with Crippen LogP contribution in [-0.4, -0.2) is 26.0 Å². The third-order valence-electron chi connectivity index (χ3n) is 12.2. The van der Waals surface area contributed by atoms with E-state index in [2.05, 4.69) is 121 Å². The predicted molar refractivity (Wildman–Crippen MR) is 220 cm³/mol. The van der Waals surface area contributed by atoms with Crippen molar-refractivity contribution in [1.82, 2.24) is 14.5 Å². The van der Waals surface area contributed by atoms with Gasteiger partial charge >= 0.3 is 21.1 Å². The van der Waals surface area contributed by atoms with Crippen LogP contribution < -0.4 is 4.74 Å². The average Bonchev–Trinajstić information content (AvgIpc) is 3.64. The molecule has 2 aliphatic heterocycles. The number of aliphatic imine (C=N–C) groups is 1. The molecule has 10 rings (SSSR count). The van der Waals surface area contributed by atoms with E-state index in [0.717, 1.165) is 45.5 Å². The molecule has 0 unspecified atom stereocenters. The third kappa shape index (κ3) is 5.35. The Balaban J connectivity index is 0.00000410. The van der Waals surface area contributed by atoms with Crippen LogP contribution in [0.5, 0.6) is 11.5 Å². The monoisotopic (exact) mass is 915 g/mol. The van der Waals surface area contributed by atoms with E-state index >= 15 is 0 Å². The summed E-state index contributed by atoms with van der Waals surface area (Å²) in [5.74, 6) is 2.68. The van der Waals surface area contributed by atoms with E-state index in [1.165, 1.54) is 49.8 Å². The summed E-state index contributed by atoms with van der Waals surface area (Å²) in [7, 11) is 0. The van der Waals surface area contributed by atoms with Crippen molar-refractivity contribution >= 4 is 27.7 Å². The molecule has 0 fully saturated rings. The summed E-state index contributed by atoms with van der Waals surface area (Å²) in [6.45, 7) is 20.1. The minimum Gasteiger partial charge on any atom is -0.510 e. The maximum Gasteiger partial charge on any atom is 2.00 e. The number of benzene rings is 4. The smallest absolute Gasteiger partial charge is 0.510 e. The first-order valence-corrected chi connectivity index (χ1v) is 19.2. The van der Waals surface area contributed by atoms with Crippen molar-refractivity contribution in [1.29, 1.82) is 0 Å². The molecule has 0 radical (unpaired) electrons. The van der Waals surface area contributed by atoms with Crippen LogP contribution in [0.3, 0.4) is 0 Å². The maximum atomic E-state index is 6.93. The second-order valence-corrected chi connectivity index (χ2v) is 17.4. The number of ether oxygens (including phenoxy) is 2. The van der Waals surface area contributed by atoms with Gasteiger partial charge in [0.05, 0.1) is 11.2 Å². The van der Waals surface area contributed by atoms with Crippen molar-refractivity contribution in [3.05, 3.63) is 147 Å². The van der Waals surface area contributed by atoms with E-state index in [-0.39, 0.29) is 38.0 Å². The van der Waals surface area contributed by atoms with Crippen LogP contribution in [0, 0.1) is 39.8 Å². The first kappa shape index (κ1) is 36.6. The SMILES string of the molecule is Cc1cc(C)c2c(c1)[C@@H]1OC(c3[c-]c(Oc4[c-]c5c(cc4C)c4cc(C)cc6c4n5-c4ncccc4C6(C)C)cc(-c4ccccn4)c3)=N[C@]1(C)CC2(C)C.[Pt+2]. The van der Waals surface area contributed by atoms with E-state index < -0.39 is 5.54 Å². The molecule has 5 heterocycles. The molecule has 7 aromatic rings. The number of pyridine rings is 2. The average molecular weight is 916 g/mol. The van der Waals surface area contributed by atoms with Crippen LogP contribution in [0.25, 0.3) is 38.9 Å². The van der Waals surface area contributed by atoms with Gasteiger partial charge in [-0.15, -0.1) is 23.1 Å². The fourth-order valence-corrected chi connectivity index (χ4v) is 10.2. The second kappa shape index (κ2) is 12.5. The molecule has 3 aromatic heterocycles. The van der Waals surface area contributed by atoms with Gasteiger partial charge in [0, 0.05) is 40.4 Å². The Morgan fingerprint density at radius 1 is 0.786 bits per heavy atom. The Kier molecular flexibility index (Phi) is 8.14. The summed E-state index contributed by atoms with van der Waals surface area (Å²) in [6.07, 6.45) is 4.36. The van der Waals surface area contributed by atoms with Gasteiger partial charge in [0.2, 0.25) is 0 Å². The Bertz CT molecular complexity index is 2820. The molecular formula is C49H44N4O2Pt. The summed E-state index contributed by atoms with van der Waals surface area (Å²) in [5.41, 5.74) is 13.7. The molecule has 2 atom stereocenters. The van der Waals surface area contributed by atoms with Gasteiger partial charge in [0.25, 0.3) is 0 Å². The summed E-state index contributed by atoms with van der Waals surface area (Å²) < 4.78 is 16.1. The van der Waals surface area contributed by atoms with Gasteiger partial charge in [0.1, 0.15) is 17.8 Å². The van der Waals surface area contributed by atoms with E-state index in [1.807, 2.05) is 42.7 Å². The molecule has 56 heavy (non-hydrogen) atoms. The number of hydrogen-bond donors (Lipinski definition) is 0. The number of nitrogens with zero attached hydrogens (tertiary/aromatic N) is 4. The molecule has 282 valence electrons. The van der Waals surface area contributed by atoms with Gasteiger partial charge in [-0.3, -0.25) is 9.98 Å². The molecule has 3 aliphatic rings. The predicted octanol–water partition coefficient (Wildman–Crippen LogP) is 11.5. The Labute approximate surface area is 343 Å². The molecule has 6 nitrogen and oxygen atoms in total. The van der Waals surface area contributed by atoms with E-state index in [0.29, 0.717) is 17.4 Å². The molecule has 0 saturated heterocycles. The zero-order chi connectivity index (χ0) is 38.2. The molecule has 0 bridgehead atoms. The minimum absolute atomic E-state index is 0. The largest absolute Gasteiger partial charge is 2.00 e. The molecule has 1 aliphatic carbocycles. The van der Waals surface area contributed by atoms with Gasteiger partial charge in [-0.1, -0.05) is 111 Å². The Morgan fingerprint density at radius 3 is 2.36 bits per heavy atom. The second-order valence-electron chi connectivity index (χ2n) is 17.4. The number of hydrogen-bond acceptors (Lipinski definition) is 5. The zero-order valence-corrected chi connectivity index (χ0v) is 35.6. The van der Waals surface area contributed by atoms with Crippen LogP contribution in [0.4, 0.5) is 0 Å². The van der Waals surface area contributed by atoms with E-state index in [4.69, 9.17) is 24.4 Å². The van der Waals surface area contributed by atoms with Gasteiger partial charge in [0.15, 0.2) is 0 Å². The topological polar surface area (TPSA) is 61.5 Å². The fraction of sp³-hybridized carbons (Fsp3) is 0.286. The van der Waals surface area contributed by atoms with Crippen LogP contribution >= 0.6 is 0 Å². The van der Waals surface area contributed by atoms with Gasteiger partial charge in [-0.2, -0.15) is 6.07 Å². The Hall–Kier alpha value is -5.06. The molecule has 7 heteroatoms. The summed E-state index contributed by atoms with van der Waals surface area (Å²) >= 11 is 0. The van der Waals surface area contributed by atoms with E-state index in [9.17, 15) is 0 Å². The van der Waals surface area contributed by atoms with Crippen molar-refractivity contribution in [2.45, 2.75) is 91.2 Å². The summed E-state index contributed by atoms with van der Waals surface area (Å²) in [6, 6.07) is 33.0. The molecule has 0 N–H and O–H groups in total. The first-order chi connectivity index (χ1) is 26.2. The molecular weight excluding hydrogens is 872 g/mol. The number of fused-ring (bicyclic) bond motifs is 8. The van der Waals surface area contributed by atoms with Crippen molar-refractivity contribution < 1.29 is 30.5 Å². The number of aromatic nitrogens is 3. The fourth-order valence-electron chi connectivity index (χ4n) is 10.2. The van der Waals surface area contributed by atoms with Crippen molar-refractivity contribution in [2.75, 3.05) is 0 Å². The summed E-state index contributed by atoms with van der Waals surface area (Å²) in [5, 5.41) is 2.33. The van der Waals surface area contributed by atoms with Crippen LogP contribution in [0.15, 0.2) is 90.2 Å². The maximum absolute atomic E-state index is 6.93. The minimum atomic E-state index is -0.439. The molecule has 0 saturated carbocycles. The van der Waals surface area contributed by atoms with Gasteiger partial charge < -0.3 is 14.0 Å². The summed E-state index contributed by atoms with van der Waals surface area (Å²) in [4.78, 5) is 15.0. The zero-order valence-electron chi connectivity index (χ0n) is 33.3. The van der Waals surface area contributed by atoms with Crippen LogP contribution in [0.1, 0.15) is 97.2 Å². The molecule has 4 aromatic carbocycles. The van der Waals surface area contributed by atoms with Gasteiger partial charge in [-0.25, -0.2) is 4.98 Å². The first-order valence-electron chi connectivity index (χ1n) is 19.2. The van der Waals surface area contributed by atoms with Crippen LogP contribution in [0.2, 0.25) is 0 Å². The number of aryl methyl sites for hydroxylation is 4. The quantitative estimate of drug-likeness (QED) is 0.165. The standard InChI is InChI=1S/C49H44N4O2.Pt/c1-27-17-30(4)42-36(19-27)44-49(9,26-47(42,5)6)52-46(55-44)32-22-31(39-14-10-11-15-50-39)23-33(24-32)54-41-25-40-34(21-29(41)3)35-18-28(2)20-38-43(35)53(40)45-37(48(38,7)8)13-12-16-51-45;/h10-23,44H,26H2,1-9H3;/q-2;+2/t44-,49+;/m0./s1. The molecule has 0 spiro atoms. The normalized spacial score (nSPS) is 19.7. The van der Waals surface area contributed by atoms with Crippen LogP contribution in [-0.2, 0) is 36.6 Å². The van der Waals surface area contributed by atoms with Crippen molar-refractivity contribution in [2.24, 2.45) is 4.99 Å². The molecule has 0 amide bonds. The van der Waals surface area contributed by atoms with Crippen molar-refractivity contribution in [3.63, 3.8) is 0 Å².